The first-order valence-electron chi connectivity index (χ1n) is 6.63. The van der Waals surface area contributed by atoms with E-state index in [0.717, 1.165) is 5.56 Å². The predicted molar refractivity (Wildman–Crippen MR) is 81.8 cm³/mol. The summed E-state index contributed by atoms with van der Waals surface area (Å²) in [6.45, 7) is 7.69. The Labute approximate surface area is 128 Å². The predicted octanol–water partition coefficient (Wildman–Crippen LogP) is 2.93. The van der Waals surface area contributed by atoms with Crippen LogP contribution in [0.3, 0.4) is 0 Å². The molecule has 0 aliphatic heterocycles. The second kappa shape index (κ2) is 5.85. The molecule has 0 atom stereocenters. The van der Waals surface area contributed by atoms with Gasteiger partial charge in [-0.3, -0.25) is 0 Å². The minimum absolute atomic E-state index is 0.273. The zero-order valence-electron chi connectivity index (χ0n) is 12.6. The van der Waals surface area contributed by atoms with Gasteiger partial charge in [-0.1, -0.05) is 23.7 Å². The van der Waals surface area contributed by atoms with Crippen molar-refractivity contribution in [2.75, 3.05) is 0 Å². The third-order valence-electron chi connectivity index (χ3n) is 2.85. The first-order valence-corrected chi connectivity index (χ1v) is 7.00. The van der Waals surface area contributed by atoms with E-state index in [-0.39, 0.29) is 11.7 Å². The summed E-state index contributed by atoms with van der Waals surface area (Å²) in [5.41, 5.74) is 0.129. The van der Waals surface area contributed by atoms with Crippen molar-refractivity contribution in [1.82, 2.24) is 14.5 Å². The van der Waals surface area contributed by atoms with Gasteiger partial charge in [0.1, 0.15) is 12.4 Å². The highest BCUT2D eigenvalue weighted by Crippen LogP contribution is 2.19. The van der Waals surface area contributed by atoms with Gasteiger partial charge in [0, 0.05) is 10.6 Å². The molecule has 0 spiro atoms. The highest BCUT2D eigenvalue weighted by Gasteiger charge is 2.22. The summed E-state index contributed by atoms with van der Waals surface area (Å²) in [7, 11) is 0. The summed E-state index contributed by atoms with van der Waals surface area (Å²) in [4.78, 5) is 20.2. The number of aromatic nitrogens is 3. The number of ether oxygens (including phenoxy) is 1. The highest BCUT2D eigenvalue weighted by molar-refractivity contribution is 6.30. The molecule has 6 heteroatoms. The Hall–Kier alpha value is -1.88. The molecule has 0 radical (unpaired) electrons. The topological polar surface area (TPSA) is 57.0 Å². The molecule has 0 aliphatic carbocycles. The lowest BCUT2D eigenvalue weighted by atomic mass is 10.1. The molecule has 5 nitrogen and oxygen atoms in total. The fourth-order valence-electron chi connectivity index (χ4n) is 1.88. The molecule has 0 saturated heterocycles. The molecule has 0 amide bonds. The summed E-state index contributed by atoms with van der Waals surface area (Å²) < 4.78 is 7.17. The van der Waals surface area contributed by atoms with Gasteiger partial charge in [-0.15, -0.1) is 0 Å². The van der Waals surface area contributed by atoms with Crippen LogP contribution in [0.15, 0.2) is 29.1 Å². The van der Waals surface area contributed by atoms with Gasteiger partial charge >= 0.3 is 11.7 Å². The van der Waals surface area contributed by atoms with E-state index < -0.39 is 5.54 Å². The molecular formula is C15H18ClN3O2. The van der Waals surface area contributed by atoms with Crippen LogP contribution in [0, 0.1) is 6.92 Å². The number of nitrogens with zero attached hydrogens (tertiary/aromatic N) is 3. The van der Waals surface area contributed by atoms with E-state index in [0.29, 0.717) is 17.5 Å². The number of hydrogen-bond acceptors (Lipinski definition) is 4. The third kappa shape index (κ3) is 3.82. The van der Waals surface area contributed by atoms with Crippen LogP contribution in [0.25, 0.3) is 0 Å². The van der Waals surface area contributed by atoms with E-state index in [4.69, 9.17) is 16.3 Å². The van der Waals surface area contributed by atoms with Crippen LogP contribution in [0.4, 0.5) is 0 Å². The Bertz CT molecular complexity index is 688. The van der Waals surface area contributed by atoms with Crippen LogP contribution in [0.2, 0.25) is 5.02 Å². The summed E-state index contributed by atoms with van der Waals surface area (Å²) in [5.74, 6) is 0.395. The van der Waals surface area contributed by atoms with E-state index in [1.165, 1.54) is 4.57 Å². The SMILES string of the molecule is Cc1nc(OCc2ccc(Cl)cc2)n(C(C)(C)C)c(=O)n1. The maximum atomic E-state index is 12.1. The van der Waals surface area contributed by atoms with Crippen molar-refractivity contribution < 1.29 is 4.74 Å². The van der Waals surface area contributed by atoms with E-state index in [1.807, 2.05) is 32.9 Å². The van der Waals surface area contributed by atoms with Gasteiger partial charge in [0.2, 0.25) is 0 Å². The van der Waals surface area contributed by atoms with Crippen LogP contribution < -0.4 is 10.4 Å². The lowest BCUT2D eigenvalue weighted by molar-refractivity contribution is 0.224. The van der Waals surface area contributed by atoms with Crippen LogP contribution in [-0.4, -0.2) is 14.5 Å². The van der Waals surface area contributed by atoms with Gasteiger partial charge < -0.3 is 4.74 Å². The van der Waals surface area contributed by atoms with E-state index in [2.05, 4.69) is 9.97 Å². The first kappa shape index (κ1) is 15.5. The lowest BCUT2D eigenvalue weighted by Crippen LogP contribution is -2.37. The number of halogens is 1. The van der Waals surface area contributed by atoms with Gasteiger partial charge in [0.15, 0.2) is 0 Å². The lowest BCUT2D eigenvalue weighted by Gasteiger charge is -2.24. The highest BCUT2D eigenvalue weighted by atomic mass is 35.5. The van der Waals surface area contributed by atoms with Gasteiger partial charge in [-0.2, -0.15) is 9.97 Å². The maximum absolute atomic E-state index is 12.1. The van der Waals surface area contributed by atoms with Crippen molar-refractivity contribution in [3.05, 3.63) is 51.2 Å². The molecule has 1 aromatic heterocycles. The summed E-state index contributed by atoms with van der Waals surface area (Å²) in [6, 6.07) is 7.60. The molecule has 1 heterocycles. The molecule has 0 bridgehead atoms. The Balaban J connectivity index is 2.31. The zero-order chi connectivity index (χ0) is 15.6. The van der Waals surface area contributed by atoms with E-state index in [1.54, 1.807) is 19.1 Å². The Morgan fingerprint density at radius 1 is 1.19 bits per heavy atom. The van der Waals surface area contributed by atoms with Crippen molar-refractivity contribution in [2.24, 2.45) is 0 Å². The minimum Gasteiger partial charge on any atom is -0.460 e. The second-order valence-electron chi connectivity index (χ2n) is 5.76. The smallest absolute Gasteiger partial charge is 0.353 e. The fourth-order valence-corrected chi connectivity index (χ4v) is 2.01. The average Bonchev–Trinajstić information content (AvgIpc) is 2.35. The quantitative estimate of drug-likeness (QED) is 0.875. The standard InChI is InChI=1S/C15H18ClN3O2/c1-10-17-13(20)19(15(2,3)4)14(18-10)21-9-11-5-7-12(16)8-6-11/h5-8H,9H2,1-4H3. The molecule has 0 saturated carbocycles. The van der Waals surface area contributed by atoms with Gasteiger partial charge in [0.05, 0.1) is 0 Å². The Kier molecular flexibility index (Phi) is 4.32. The molecule has 0 unspecified atom stereocenters. The molecule has 1 aromatic carbocycles. The van der Waals surface area contributed by atoms with E-state index in [9.17, 15) is 4.79 Å². The number of rotatable bonds is 3. The third-order valence-corrected chi connectivity index (χ3v) is 3.10. The molecule has 0 N–H and O–H groups in total. The molecule has 2 rings (SSSR count). The summed E-state index contributed by atoms with van der Waals surface area (Å²) >= 11 is 5.85. The minimum atomic E-state index is -0.458. The molecule has 21 heavy (non-hydrogen) atoms. The van der Waals surface area contributed by atoms with Crippen LogP contribution in [0.5, 0.6) is 6.01 Å². The number of benzene rings is 1. The largest absolute Gasteiger partial charge is 0.460 e. The Morgan fingerprint density at radius 2 is 1.81 bits per heavy atom. The molecular weight excluding hydrogens is 290 g/mol. The first-order chi connectivity index (χ1) is 9.77. The normalized spacial score (nSPS) is 11.5. The number of aryl methyl sites for hydroxylation is 1. The Morgan fingerprint density at radius 3 is 2.38 bits per heavy atom. The second-order valence-corrected chi connectivity index (χ2v) is 6.19. The summed E-state index contributed by atoms with van der Waals surface area (Å²) in [5, 5.41) is 0.670. The van der Waals surface area contributed by atoms with Gasteiger partial charge in [-0.25, -0.2) is 9.36 Å². The maximum Gasteiger partial charge on any atom is 0.353 e. The van der Waals surface area contributed by atoms with Crippen molar-refractivity contribution in [3.8, 4) is 6.01 Å². The van der Waals surface area contributed by atoms with Gasteiger partial charge in [-0.05, 0) is 45.4 Å². The van der Waals surface area contributed by atoms with Crippen molar-refractivity contribution in [3.63, 3.8) is 0 Å². The van der Waals surface area contributed by atoms with E-state index >= 15 is 0 Å². The van der Waals surface area contributed by atoms with Crippen molar-refractivity contribution in [1.29, 1.82) is 0 Å². The zero-order valence-corrected chi connectivity index (χ0v) is 13.3. The fraction of sp³-hybridized carbons (Fsp3) is 0.400. The van der Waals surface area contributed by atoms with Gasteiger partial charge in [0.25, 0.3) is 0 Å². The van der Waals surface area contributed by atoms with Crippen LogP contribution >= 0.6 is 11.6 Å². The van der Waals surface area contributed by atoms with Crippen LogP contribution in [0.1, 0.15) is 32.2 Å². The molecule has 0 aliphatic rings. The molecule has 112 valence electrons. The summed E-state index contributed by atoms with van der Waals surface area (Å²) in [6.07, 6.45) is 0. The monoisotopic (exact) mass is 307 g/mol. The van der Waals surface area contributed by atoms with Crippen LogP contribution in [-0.2, 0) is 12.1 Å². The molecule has 2 aromatic rings. The number of hydrogen-bond donors (Lipinski definition) is 0. The average molecular weight is 308 g/mol. The van der Waals surface area contributed by atoms with Crippen molar-refractivity contribution in [2.45, 2.75) is 39.8 Å². The molecule has 0 fully saturated rings. The van der Waals surface area contributed by atoms with Crippen molar-refractivity contribution >= 4 is 11.6 Å².